The SMILES string of the molecule is CCN(C)C(=O)CNC(=O)c1ccc(C)cc1O. The van der Waals surface area contributed by atoms with Gasteiger partial charge >= 0.3 is 0 Å². The lowest BCUT2D eigenvalue weighted by Crippen LogP contribution is -2.38. The van der Waals surface area contributed by atoms with Gasteiger partial charge in [0.25, 0.3) is 5.91 Å². The van der Waals surface area contributed by atoms with E-state index in [2.05, 4.69) is 5.32 Å². The van der Waals surface area contributed by atoms with E-state index in [0.29, 0.717) is 6.54 Å². The zero-order valence-electron chi connectivity index (χ0n) is 10.9. The molecule has 5 heteroatoms. The molecule has 0 aliphatic rings. The predicted molar refractivity (Wildman–Crippen MR) is 68.5 cm³/mol. The summed E-state index contributed by atoms with van der Waals surface area (Å²) in [6.07, 6.45) is 0. The van der Waals surface area contributed by atoms with Gasteiger partial charge in [-0.05, 0) is 31.5 Å². The van der Waals surface area contributed by atoms with E-state index in [1.807, 2.05) is 13.8 Å². The first-order chi connectivity index (χ1) is 8.45. The summed E-state index contributed by atoms with van der Waals surface area (Å²) in [7, 11) is 1.66. The molecule has 2 N–H and O–H groups in total. The summed E-state index contributed by atoms with van der Waals surface area (Å²) >= 11 is 0. The molecule has 98 valence electrons. The molecule has 0 spiro atoms. The average Bonchev–Trinajstić information content (AvgIpc) is 2.34. The zero-order chi connectivity index (χ0) is 13.7. The Bertz CT molecular complexity index is 458. The van der Waals surface area contributed by atoms with Crippen LogP contribution in [0.5, 0.6) is 5.75 Å². The highest BCUT2D eigenvalue weighted by Crippen LogP contribution is 2.17. The monoisotopic (exact) mass is 250 g/mol. The summed E-state index contributed by atoms with van der Waals surface area (Å²) in [6, 6.07) is 4.78. The van der Waals surface area contributed by atoms with Gasteiger partial charge in [-0.2, -0.15) is 0 Å². The van der Waals surface area contributed by atoms with E-state index < -0.39 is 5.91 Å². The van der Waals surface area contributed by atoms with Crippen LogP contribution in [0.3, 0.4) is 0 Å². The second kappa shape index (κ2) is 6.05. The second-order valence-corrected chi connectivity index (χ2v) is 4.11. The summed E-state index contributed by atoms with van der Waals surface area (Å²) < 4.78 is 0. The molecule has 0 heterocycles. The number of hydrogen-bond acceptors (Lipinski definition) is 3. The molecule has 0 radical (unpaired) electrons. The summed E-state index contributed by atoms with van der Waals surface area (Å²) in [5.74, 6) is -0.702. The van der Waals surface area contributed by atoms with Crippen LogP contribution in [0.2, 0.25) is 0 Å². The number of aryl methyl sites for hydroxylation is 1. The molecule has 1 aromatic carbocycles. The fraction of sp³-hybridized carbons (Fsp3) is 0.385. The van der Waals surface area contributed by atoms with E-state index in [4.69, 9.17) is 0 Å². The van der Waals surface area contributed by atoms with E-state index >= 15 is 0 Å². The highest BCUT2D eigenvalue weighted by molar-refractivity contribution is 5.98. The summed E-state index contributed by atoms with van der Waals surface area (Å²) in [6.45, 7) is 4.19. The minimum Gasteiger partial charge on any atom is -0.507 e. The Labute approximate surface area is 106 Å². The van der Waals surface area contributed by atoms with Crippen molar-refractivity contribution in [1.82, 2.24) is 10.2 Å². The second-order valence-electron chi connectivity index (χ2n) is 4.11. The number of likely N-dealkylation sites (N-methyl/N-ethyl adjacent to an activating group) is 1. The largest absolute Gasteiger partial charge is 0.507 e. The van der Waals surface area contributed by atoms with Crippen molar-refractivity contribution >= 4 is 11.8 Å². The summed E-state index contributed by atoms with van der Waals surface area (Å²) in [5.41, 5.74) is 1.04. The quantitative estimate of drug-likeness (QED) is 0.834. The molecule has 5 nitrogen and oxygen atoms in total. The highest BCUT2D eigenvalue weighted by Gasteiger charge is 2.13. The predicted octanol–water partition coefficient (Wildman–Crippen LogP) is 0.909. The molecular weight excluding hydrogens is 232 g/mol. The number of amides is 2. The zero-order valence-corrected chi connectivity index (χ0v) is 10.9. The van der Waals surface area contributed by atoms with Crippen molar-refractivity contribution in [2.75, 3.05) is 20.1 Å². The van der Waals surface area contributed by atoms with Gasteiger partial charge < -0.3 is 15.3 Å². The number of benzene rings is 1. The minimum atomic E-state index is -0.453. The summed E-state index contributed by atoms with van der Waals surface area (Å²) in [5, 5.41) is 12.1. The Kier molecular flexibility index (Phi) is 4.71. The summed E-state index contributed by atoms with van der Waals surface area (Å²) in [4.78, 5) is 24.8. The molecule has 0 aliphatic carbocycles. The molecule has 1 aromatic rings. The van der Waals surface area contributed by atoms with Crippen LogP contribution in [0, 0.1) is 6.92 Å². The maximum atomic E-state index is 11.8. The highest BCUT2D eigenvalue weighted by atomic mass is 16.3. The minimum absolute atomic E-state index is 0.0729. The van der Waals surface area contributed by atoms with Gasteiger partial charge in [-0.1, -0.05) is 6.07 Å². The van der Waals surface area contributed by atoms with Crippen molar-refractivity contribution in [2.24, 2.45) is 0 Å². The van der Waals surface area contributed by atoms with Crippen LogP contribution in [0.1, 0.15) is 22.8 Å². The third-order valence-corrected chi connectivity index (χ3v) is 2.70. The van der Waals surface area contributed by atoms with E-state index in [-0.39, 0.29) is 23.8 Å². The van der Waals surface area contributed by atoms with Gasteiger partial charge in [0.2, 0.25) is 5.91 Å². The van der Waals surface area contributed by atoms with Crippen LogP contribution in [-0.4, -0.2) is 42.0 Å². The van der Waals surface area contributed by atoms with Crippen LogP contribution in [0.4, 0.5) is 0 Å². The maximum Gasteiger partial charge on any atom is 0.255 e. The Balaban J connectivity index is 2.63. The molecule has 0 atom stereocenters. The molecule has 0 saturated carbocycles. The van der Waals surface area contributed by atoms with Gasteiger partial charge in [-0.25, -0.2) is 0 Å². The number of nitrogens with zero attached hydrogens (tertiary/aromatic N) is 1. The lowest BCUT2D eigenvalue weighted by molar-refractivity contribution is -0.128. The molecule has 2 amide bonds. The van der Waals surface area contributed by atoms with E-state index in [1.165, 1.54) is 17.0 Å². The van der Waals surface area contributed by atoms with Gasteiger partial charge in [0.1, 0.15) is 5.75 Å². The number of carbonyl (C=O) groups is 2. The van der Waals surface area contributed by atoms with Gasteiger partial charge in [-0.15, -0.1) is 0 Å². The van der Waals surface area contributed by atoms with Crippen molar-refractivity contribution in [3.8, 4) is 5.75 Å². The first kappa shape index (κ1) is 14.0. The van der Waals surface area contributed by atoms with Crippen molar-refractivity contribution in [1.29, 1.82) is 0 Å². The Hall–Kier alpha value is -2.04. The molecular formula is C13H18N2O3. The maximum absolute atomic E-state index is 11.8. The Morgan fingerprint density at radius 3 is 2.61 bits per heavy atom. The third-order valence-electron chi connectivity index (χ3n) is 2.70. The van der Waals surface area contributed by atoms with Gasteiger partial charge in [0.05, 0.1) is 12.1 Å². The fourth-order valence-corrected chi connectivity index (χ4v) is 1.40. The van der Waals surface area contributed by atoms with Gasteiger partial charge in [0, 0.05) is 13.6 Å². The standard InChI is InChI=1S/C13H18N2O3/c1-4-15(3)12(17)8-14-13(18)10-6-5-9(2)7-11(10)16/h5-7,16H,4,8H2,1-3H3,(H,14,18). The normalized spacial score (nSPS) is 9.94. The number of phenolic OH excluding ortho intramolecular Hbond substituents is 1. The smallest absolute Gasteiger partial charge is 0.255 e. The van der Waals surface area contributed by atoms with E-state index in [9.17, 15) is 14.7 Å². The van der Waals surface area contributed by atoms with Gasteiger partial charge in [0.15, 0.2) is 0 Å². The lowest BCUT2D eigenvalue weighted by atomic mass is 10.1. The molecule has 1 rings (SSSR count). The average molecular weight is 250 g/mol. The van der Waals surface area contributed by atoms with Crippen LogP contribution in [0.15, 0.2) is 18.2 Å². The van der Waals surface area contributed by atoms with E-state index in [1.54, 1.807) is 13.1 Å². The van der Waals surface area contributed by atoms with Crippen LogP contribution < -0.4 is 5.32 Å². The number of carbonyl (C=O) groups excluding carboxylic acids is 2. The number of aromatic hydroxyl groups is 1. The molecule has 0 aromatic heterocycles. The van der Waals surface area contributed by atoms with Crippen molar-refractivity contribution in [3.05, 3.63) is 29.3 Å². The Morgan fingerprint density at radius 1 is 1.39 bits per heavy atom. The number of hydrogen-bond donors (Lipinski definition) is 2. The van der Waals surface area contributed by atoms with Crippen LogP contribution >= 0.6 is 0 Å². The van der Waals surface area contributed by atoms with Crippen molar-refractivity contribution < 1.29 is 14.7 Å². The lowest BCUT2D eigenvalue weighted by Gasteiger charge is -2.14. The van der Waals surface area contributed by atoms with Crippen molar-refractivity contribution in [3.63, 3.8) is 0 Å². The number of rotatable bonds is 4. The molecule has 0 aliphatic heterocycles. The van der Waals surface area contributed by atoms with Crippen LogP contribution in [-0.2, 0) is 4.79 Å². The number of nitrogens with one attached hydrogen (secondary N) is 1. The fourth-order valence-electron chi connectivity index (χ4n) is 1.40. The first-order valence-corrected chi connectivity index (χ1v) is 5.77. The molecule has 0 bridgehead atoms. The third kappa shape index (κ3) is 3.48. The molecule has 0 fully saturated rings. The topological polar surface area (TPSA) is 69.6 Å². The van der Waals surface area contributed by atoms with Crippen molar-refractivity contribution in [2.45, 2.75) is 13.8 Å². The molecule has 18 heavy (non-hydrogen) atoms. The van der Waals surface area contributed by atoms with E-state index in [0.717, 1.165) is 5.56 Å². The Morgan fingerprint density at radius 2 is 2.06 bits per heavy atom. The molecule has 0 unspecified atom stereocenters. The van der Waals surface area contributed by atoms with Gasteiger partial charge in [-0.3, -0.25) is 9.59 Å². The number of phenols is 1. The van der Waals surface area contributed by atoms with Crippen LogP contribution in [0.25, 0.3) is 0 Å². The first-order valence-electron chi connectivity index (χ1n) is 5.77. The molecule has 0 saturated heterocycles.